The van der Waals surface area contributed by atoms with E-state index in [0.29, 0.717) is 37.7 Å². The molecule has 5 aromatic rings. The zero-order valence-corrected chi connectivity index (χ0v) is 25.4. The van der Waals surface area contributed by atoms with Crippen LogP contribution in [0, 0.1) is 5.82 Å². The van der Waals surface area contributed by atoms with Gasteiger partial charge in [0.05, 0.1) is 35.6 Å². The molecule has 0 saturated carbocycles. The first-order valence-electron chi connectivity index (χ1n) is 14.4. The normalized spacial score (nSPS) is 14.5. The molecule has 226 valence electrons. The summed E-state index contributed by atoms with van der Waals surface area (Å²) in [6.07, 6.45) is 1.76. The van der Waals surface area contributed by atoms with Gasteiger partial charge in [-0.2, -0.15) is 0 Å². The lowest BCUT2D eigenvalue weighted by atomic mass is 9.93. The highest BCUT2D eigenvalue weighted by molar-refractivity contribution is 7.07. The number of thiazole rings is 1. The molecule has 0 aliphatic carbocycles. The third-order valence-electron chi connectivity index (χ3n) is 7.31. The fourth-order valence-corrected chi connectivity index (χ4v) is 6.16. The topological polar surface area (TPSA) is 79.1 Å². The van der Waals surface area contributed by atoms with Gasteiger partial charge in [-0.25, -0.2) is 14.2 Å². The number of hydrogen-bond donors (Lipinski definition) is 0. The van der Waals surface area contributed by atoms with Crippen LogP contribution in [0.4, 0.5) is 4.39 Å². The van der Waals surface area contributed by atoms with E-state index >= 15 is 0 Å². The molecule has 0 fully saturated rings. The molecule has 0 spiro atoms. The number of rotatable bonds is 9. The van der Waals surface area contributed by atoms with Crippen molar-refractivity contribution >= 4 is 29.1 Å². The van der Waals surface area contributed by atoms with Gasteiger partial charge in [0.25, 0.3) is 5.56 Å². The summed E-state index contributed by atoms with van der Waals surface area (Å²) in [7, 11) is 1.58. The second-order valence-electron chi connectivity index (χ2n) is 10.2. The standard InChI is InChI=1S/C36H29FN2O5S/c1-3-43-35(41)31-32(24-11-5-4-6-12-24)38-36-39(33(31)25-16-18-27(42-2)19-17-25)34(40)30(45-36)21-23-10-9-14-28(20-23)44-22-26-13-7-8-15-29(26)37/h4-21,33H,3,22H2,1-2H3/b30-21-/t33-/m0/s1. The third-order valence-corrected chi connectivity index (χ3v) is 8.30. The number of esters is 1. The first-order chi connectivity index (χ1) is 22.0. The van der Waals surface area contributed by atoms with Gasteiger partial charge in [-0.15, -0.1) is 0 Å². The number of carbonyl (C=O) groups excluding carboxylic acids is 1. The first kappa shape index (κ1) is 29.8. The lowest BCUT2D eigenvalue weighted by Crippen LogP contribution is -2.40. The Bertz CT molecular complexity index is 2070. The lowest BCUT2D eigenvalue weighted by molar-refractivity contribution is -0.138. The van der Waals surface area contributed by atoms with Gasteiger partial charge >= 0.3 is 5.97 Å². The predicted molar refractivity (Wildman–Crippen MR) is 171 cm³/mol. The number of ether oxygens (including phenoxy) is 3. The van der Waals surface area contributed by atoms with Crippen LogP contribution in [-0.4, -0.2) is 24.3 Å². The summed E-state index contributed by atoms with van der Waals surface area (Å²) in [5, 5.41) is 0. The molecule has 1 aliphatic rings. The zero-order valence-electron chi connectivity index (χ0n) is 24.6. The SMILES string of the molecule is CCOC(=O)C1=C(c2ccccc2)N=c2s/c(=C\c3cccc(OCc4ccccc4F)c3)c(=O)n2[C@H]1c1ccc(OC)cc1. The maximum atomic E-state index is 14.1. The second kappa shape index (κ2) is 13.2. The van der Waals surface area contributed by atoms with Crippen molar-refractivity contribution < 1.29 is 23.4 Å². The molecule has 0 unspecified atom stereocenters. The number of hydrogen-bond acceptors (Lipinski definition) is 7. The maximum absolute atomic E-state index is 14.1. The van der Waals surface area contributed by atoms with Gasteiger partial charge in [-0.3, -0.25) is 9.36 Å². The molecule has 4 aromatic carbocycles. The van der Waals surface area contributed by atoms with E-state index in [1.54, 1.807) is 67.1 Å². The van der Waals surface area contributed by atoms with Crippen LogP contribution in [0.3, 0.4) is 0 Å². The van der Waals surface area contributed by atoms with E-state index < -0.39 is 12.0 Å². The van der Waals surface area contributed by atoms with Crippen molar-refractivity contribution in [1.29, 1.82) is 0 Å². The molecule has 0 saturated heterocycles. The Balaban J connectivity index is 1.48. The zero-order chi connectivity index (χ0) is 31.3. The number of nitrogens with zero attached hydrogens (tertiary/aromatic N) is 2. The van der Waals surface area contributed by atoms with E-state index in [9.17, 15) is 14.0 Å². The van der Waals surface area contributed by atoms with Crippen LogP contribution in [0.15, 0.2) is 118 Å². The van der Waals surface area contributed by atoms with Gasteiger partial charge in [-0.05, 0) is 54.5 Å². The second-order valence-corrected chi connectivity index (χ2v) is 11.2. The van der Waals surface area contributed by atoms with Crippen molar-refractivity contribution in [3.8, 4) is 11.5 Å². The van der Waals surface area contributed by atoms with E-state index in [1.165, 1.54) is 17.4 Å². The molecule has 6 rings (SSSR count). The molecule has 7 nitrogen and oxygen atoms in total. The maximum Gasteiger partial charge on any atom is 0.338 e. The molecule has 2 heterocycles. The summed E-state index contributed by atoms with van der Waals surface area (Å²) in [6.45, 7) is 1.98. The lowest BCUT2D eigenvalue weighted by Gasteiger charge is -2.26. The smallest absolute Gasteiger partial charge is 0.338 e. The van der Waals surface area contributed by atoms with E-state index in [-0.39, 0.29) is 30.2 Å². The molecular weight excluding hydrogens is 591 g/mol. The predicted octanol–water partition coefficient (Wildman–Crippen LogP) is 5.66. The minimum absolute atomic E-state index is 0.0685. The van der Waals surface area contributed by atoms with Crippen LogP contribution >= 0.6 is 11.3 Å². The number of benzene rings is 4. The number of methoxy groups -OCH3 is 1. The molecule has 1 atom stereocenters. The van der Waals surface area contributed by atoms with Crippen LogP contribution in [0.5, 0.6) is 11.5 Å². The van der Waals surface area contributed by atoms with Crippen LogP contribution < -0.4 is 24.4 Å². The van der Waals surface area contributed by atoms with Gasteiger partial charge in [0.1, 0.15) is 23.9 Å². The fraction of sp³-hybridized carbons (Fsp3) is 0.139. The monoisotopic (exact) mass is 620 g/mol. The van der Waals surface area contributed by atoms with Crippen LogP contribution in [-0.2, 0) is 16.1 Å². The Labute approximate surface area is 262 Å². The van der Waals surface area contributed by atoms with Crippen LogP contribution in [0.2, 0.25) is 0 Å². The van der Waals surface area contributed by atoms with E-state index in [1.807, 2.05) is 54.6 Å². The summed E-state index contributed by atoms with van der Waals surface area (Å²) in [4.78, 5) is 33.1. The van der Waals surface area contributed by atoms with Crippen LogP contribution in [0.1, 0.15) is 35.2 Å². The van der Waals surface area contributed by atoms with Crippen molar-refractivity contribution in [2.75, 3.05) is 13.7 Å². The summed E-state index contributed by atoms with van der Waals surface area (Å²) in [5.74, 6) is 0.299. The number of aromatic nitrogens is 1. The summed E-state index contributed by atoms with van der Waals surface area (Å²) >= 11 is 1.23. The summed E-state index contributed by atoms with van der Waals surface area (Å²) < 4.78 is 32.8. The quantitative estimate of drug-likeness (QED) is 0.199. The molecule has 9 heteroatoms. The van der Waals surface area contributed by atoms with Crippen molar-refractivity contribution in [2.45, 2.75) is 19.6 Å². The average Bonchev–Trinajstić information content (AvgIpc) is 3.38. The van der Waals surface area contributed by atoms with E-state index in [4.69, 9.17) is 19.2 Å². The number of fused-ring (bicyclic) bond motifs is 1. The molecule has 1 aromatic heterocycles. The minimum Gasteiger partial charge on any atom is -0.497 e. The fourth-order valence-electron chi connectivity index (χ4n) is 5.16. The van der Waals surface area contributed by atoms with Crippen molar-refractivity contribution in [1.82, 2.24) is 4.57 Å². The molecular formula is C36H29FN2O5S. The molecule has 0 N–H and O–H groups in total. The number of halogens is 1. The molecule has 45 heavy (non-hydrogen) atoms. The van der Waals surface area contributed by atoms with Crippen molar-refractivity contribution in [2.24, 2.45) is 4.99 Å². The number of carbonyl (C=O) groups is 1. The molecule has 0 radical (unpaired) electrons. The third kappa shape index (κ3) is 6.21. The van der Waals surface area contributed by atoms with Crippen LogP contribution in [0.25, 0.3) is 11.8 Å². The van der Waals surface area contributed by atoms with Crippen molar-refractivity contribution in [3.05, 3.63) is 156 Å². The van der Waals surface area contributed by atoms with Gasteiger partial charge in [0, 0.05) is 11.1 Å². The largest absolute Gasteiger partial charge is 0.497 e. The van der Waals surface area contributed by atoms with Gasteiger partial charge in [0.15, 0.2) is 4.80 Å². The highest BCUT2D eigenvalue weighted by Crippen LogP contribution is 2.35. The highest BCUT2D eigenvalue weighted by atomic mass is 32.1. The highest BCUT2D eigenvalue weighted by Gasteiger charge is 2.35. The molecule has 1 aliphatic heterocycles. The van der Waals surface area contributed by atoms with Gasteiger partial charge in [-0.1, -0.05) is 84.1 Å². The molecule has 0 amide bonds. The van der Waals surface area contributed by atoms with Gasteiger partial charge in [0.2, 0.25) is 0 Å². The Morgan fingerprint density at radius 2 is 1.71 bits per heavy atom. The Morgan fingerprint density at radius 3 is 2.44 bits per heavy atom. The summed E-state index contributed by atoms with van der Waals surface area (Å²) in [6, 6.07) is 29.6. The minimum atomic E-state index is -0.793. The Morgan fingerprint density at radius 1 is 0.956 bits per heavy atom. The molecule has 0 bridgehead atoms. The Hall–Kier alpha value is -5.28. The van der Waals surface area contributed by atoms with Crippen molar-refractivity contribution in [3.63, 3.8) is 0 Å². The summed E-state index contributed by atoms with van der Waals surface area (Å²) in [5.41, 5.74) is 3.03. The van der Waals surface area contributed by atoms with E-state index in [2.05, 4.69) is 0 Å². The van der Waals surface area contributed by atoms with E-state index in [0.717, 1.165) is 11.1 Å². The van der Waals surface area contributed by atoms with Gasteiger partial charge < -0.3 is 14.2 Å². The average molecular weight is 621 g/mol. The Kier molecular flexibility index (Phi) is 8.70. The first-order valence-corrected chi connectivity index (χ1v) is 15.2.